The molecule has 2 atom stereocenters. The molecule has 3 nitrogen and oxygen atoms in total. The number of hydrogen-bond acceptors (Lipinski definition) is 3. The van der Waals surface area contributed by atoms with Crippen LogP contribution in [0.1, 0.15) is 26.2 Å². The van der Waals surface area contributed by atoms with Crippen LogP contribution in [0.3, 0.4) is 0 Å². The van der Waals surface area contributed by atoms with E-state index in [2.05, 4.69) is 0 Å². The molecule has 0 amide bonds. The first-order valence-electron chi connectivity index (χ1n) is 4.21. The van der Waals surface area contributed by atoms with Crippen molar-refractivity contribution >= 4 is 0 Å². The lowest BCUT2D eigenvalue weighted by Crippen LogP contribution is -2.10. The first kappa shape index (κ1) is 8.97. The maximum absolute atomic E-state index is 8.52. The van der Waals surface area contributed by atoms with Gasteiger partial charge in [-0.1, -0.05) is 0 Å². The number of hydrogen-bond donors (Lipinski definition) is 1. The number of ether oxygens (including phenoxy) is 2. The summed E-state index contributed by atoms with van der Waals surface area (Å²) in [4.78, 5) is 0. The Morgan fingerprint density at radius 3 is 2.82 bits per heavy atom. The third-order valence-electron chi connectivity index (χ3n) is 1.84. The molecule has 0 aromatic rings. The minimum atomic E-state index is -0.0332. The van der Waals surface area contributed by atoms with E-state index < -0.39 is 0 Å². The van der Waals surface area contributed by atoms with E-state index >= 15 is 0 Å². The van der Waals surface area contributed by atoms with Gasteiger partial charge in [0, 0.05) is 6.61 Å². The molecule has 0 aromatic carbocycles. The monoisotopic (exact) mass is 160 g/mol. The zero-order valence-corrected chi connectivity index (χ0v) is 6.95. The Bertz CT molecular complexity index is 106. The van der Waals surface area contributed by atoms with Crippen molar-refractivity contribution in [3.8, 4) is 0 Å². The summed E-state index contributed by atoms with van der Waals surface area (Å²) in [5.41, 5.74) is 0. The predicted molar refractivity (Wildman–Crippen MR) is 41.2 cm³/mol. The van der Waals surface area contributed by atoms with E-state index in [1.54, 1.807) is 0 Å². The maximum Gasteiger partial charge on any atom is 0.155 e. The standard InChI is InChI=1S/C8H16O3/c1-7-10-6-8(11-7)4-2-3-5-9/h7-9H,2-6H2,1H3. The van der Waals surface area contributed by atoms with Crippen molar-refractivity contribution in [2.24, 2.45) is 0 Å². The molecule has 0 spiro atoms. The molecule has 0 aliphatic carbocycles. The van der Waals surface area contributed by atoms with Crippen molar-refractivity contribution in [3.05, 3.63) is 0 Å². The average molecular weight is 160 g/mol. The summed E-state index contributed by atoms with van der Waals surface area (Å²) in [6, 6.07) is 0. The van der Waals surface area contributed by atoms with Crippen LogP contribution in [0.25, 0.3) is 0 Å². The topological polar surface area (TPSA) is 38.7 Å². The second-order valence-corrected chi connectivity index (χ2v) is 2.88. The molecule has 1 N–H and O–H groups in total. The molecule has 66 valence electrons. The van der Waals surface area contributed by atoms with Crippen molar-refractivity contribution in [1.82, 2.24) is 0 Å². The maximum atomic E-state index is 8.52. The van der Waals surface area contributed by atoms with E-state index in [9.17, 15) is 0 Å². The highest BCUT2D eigenvalue weighted by atomic mass is 16.7. The zero-order valence-electron chi connectivity index (χ0n) is 6.95. The fourth-order valence-electron chi connectivity index (χ4n) is 1.23. The van der Waals surface area contributed by atoms with Gasteiger partial charge in [-0.05, 0) is 26.2 Å². The smallest absolute Gasteiger partial charge is 0.155 e. The molecule has 1 heterocycles. The first-order valence-corrected chi connectivity index (χ1v) is 4.21. The molecular weight excluding hydrogens is 144 g/mol. The van der Waals surface area contributed by atoms with Gasteiger partial charge in [0.15, 0.2) is 6.29 Å². The van der Waals surface area contributed by atoms with E-state index in [0.717, 1.165) is 19.3 Å². The zero-order chi connectivity index (χ0) is 8.10. The lowest BCUT2D eigenvalue weighted by atomic mass is 10.2. The third-order valence-corrected chi connectivity index (χ3v) is 1.84. The molecule has 0 aromatic heterocycles. The summed E-state index contributed by atoms with van der Waals surface area (Å²) in [5.74, 6) is 0. The first-order chi connectivity index (χ1) is 5.33. The Kier molecular flexibility index (Phi) is 3.83. The van der Waals surface area contributed by atoms with Crippen LogP contribution in [-0.2, 0) is 9.47 Å². The van der Waals surface area contributed by atoms with Gasteiger partial charge in [-0.15, -0.1) is 0 Å². The second kappa shape index (κ2) is 4.70. The summed E-state index contributed by atoms with van der Waals surface area (Å²) in [6.45, 7) is 2.90. The van der Waals surface area contributed by atoms with Crippen LogP contribution in [0.5, 0.6) is 0 Å². The van der Waals surface area contributed by atoms with Crippen molar-refractivity contribution in [1.29, 1.82) is 0 Å². The Labute approximate surface area is 67.3 Å². The van der Waals surface area contributed by atoms with E-state index in [1.807, 2.05) is 6.92 Å². The Morgan fingerprint density at radius 1 is 1.45 bits per heavy atom. The molecule has 1 saturated heterocycles. The molecule has 0 radical (unpaired) electrons. The Hall–Kier alpha value is -0.120. The van der Waals surface area contributed by atoms with Gasteiger partial charge in [-0.25, -0.2) is 0 Å². The molecule has 0 saturated carbocycles. The van der Waals surface area contributed by atoms with Crippen LogP contribution in [0, 0.1) is 0 Å². The molecular formula is C8H16O3. The van der Waals surface area contributed by atoms with Crippen molar-refractivity contribution in [2.45, 2.75) is 38.6 Å². The number of aliphatic hydroxyl groups excluding tert-OH is 1. The highest BCUT2D eigenvalue weighted by Gasteiger charge is 2.21. The highest BCUT2D eigenvalue weighted by molar-refractivity contribution is 4.62. The molecule has 1 fully saturated rings. The van der Waals surface area contributed by atoms with Gasteiger partial charge >= 0.3 is 0 Å². The molecule has 2 unspecified atom stereocenters. The lowest BCUT2D eigenvalue weighted by molar-refractivity contribution is -0.0435. The van der Waals surface area contributed by atoms with Gasteiger partial charge in [0.05, 0.1) is 12.7 Å². The van der Waals surface area contributed by atoms with Crippen LogP contribution in [0.4, 0.5) is 0 Å². The number of rotatable bonds is 4. The van der Waals surface area contributed by atoms with Gasteiger partial charge in [-0.3, -0.25) is 0 Å². The normalized spacial score (nSPS) is 31.1. The SMILES string of the molecule is CC1OCC(CCCCO)O1. The van der Waals surface area contributed by atoms with E-state index in [1.165, 1.54) is 0 Å². The second-order valence-electron chi connectivity index (χ2n) is 2.88. The van der Waals surface area contributed by atoms with Gasteiger partial charge in [0.25, 0.3) is 0 Å². The van der Waals surface area contributed by atoms with Crippen molar-refractivity contribution < 1.29 is 14.6 Å². The van der Waals surface area contributed by atoms with E-state index in [4.69, 9.17) is 14.6 Å². The van der Waals surface area contributed by atoms with Gasteiger partial charge < -0.3 is 14.6 Å². The van der Waals surface area contributed by atoms with Crippen LogP contribution in [-0.4, -0.2) is 30.7 Å². The fraction of sp³-hybridized carbons (Fsp3) is 1.00. The minimum Gasteiger partial charge on any atom is -0.396 e. The van der Waals surface area contributed by atoms with E-state index in [-0.39, 0.29) is 19.0 Å². The Balaban J connectivity index is 1.99. The molecule has 0 bridgehead atoms. The summed E-state index contributed by atoms with van der Waals surface area (Å²) in [5, 5.41) is 8.52. The molecule has 1 aliphatic heterocycles. The predicted octanol–water partition coefficient (Wildman–Crippen LogP) is 0.910. The van der Waals surface area contributed by atoms with Crippen LogP contribution < -0.4 is 0 Å². The summed E-state index contributed by atoms with van der Waals surface area (Å²) < 4.78 is 10.6. The largest absolute Gasteiger partial charge is 0.396 e. The van der Waals surface area contributed by atoms with Crippen LogP contribution in [0.2, 0.25) is 0 Å². The Morgan fingerprint density at radius 2 is 2.27 bits per heavy atom. The molecule has 1 aliphatic rings. The van der Waals surface area contributed by atoms with Crippen LogP contribution >= 0.6 is 0 Å². The quantitative estimate of drug-likeness (QED) is 0.621. The van der Waals surface area contributed by atoms with Crippen molar-refractivity contribution in [3.63, 3.8) is 0 Å². The number of aliphatic hydroxyl groups is 1. The fourth-order valence-corrected chi connectivity index (χ4v) is 1.23. The van der Waals surface area contributed by atoms with Gasteiger partial charge in [-0.2, -0.15) is 0 Å². The molecule has 11 heavy (non-hydrogen) atoms. The van der Waals surface area contributed by atoms with Crippen molar-refractivity contribution in [2.75, 3.05) is 13.2 Å². The molecule has 3 heteroatoms. The third kappa shape index (κ3) is 3.18. The minimum absolute atomic E-state index is 0.0332. The summed E-state index contributed by atoms with van der Waals surface area (Å²) in [6.07, 6.45) is 3.13. The molecule has 1 rings (SSSR count). The van der Waals surface area contributed by atoms with Crippen LogP contribution in [0.15, 0.2) is 0 Å². The lowest BCUT2D eigenvalue weighted by Gasteiger charge is -2.06. The average Bonchev–Trinajstić information content (AvgIpc) is 2.37. The van der Waals surface area contributed by atoms with E-state index in [0.29, 0.717) is 6.61 Å². The van der Waals surface area contributed by atoms with Gasteiger partial charge in [0.1, 0.15) is 0 Å². The summed E-state index contributed by atoms with van der Waals surface area (Å²) >= 11 is 0. The summed E-state index contributed by atoms with van der Waals surface area (Å²) in [7, 11) is 0. The van der Waals surface area contributed by atoms with Gasteiger partial charge in [0.2, 0.25) is 0 Å². The highest BCUT2D eigenvalue weighted by Crippen LogP contribution is 2.15. The number of unbranched alkanes of at least 4 members (excludes halogenated alkanes) is 1.